The first-order valence-electron chi connectivity index (χ1n) is 10.2. The zero-order valence-electron chi connectivity index (χ0n) is 17.7. The molecule has 0 spiro atoms. The van der Waals surface area contributed by atoms with Gasteiger partial charge in [-0.2, -0.15) is 0 Å². The third-order valence-corrected chi connectivity index (χ3v) is 5.54. The molecule has 0 radical (unpaired) electrons. The van der Waals surface area contributed by atoms with E-state index in [0.717, 1.165) is 5.56 Å². The van der Waals surface area contributed by atoms with Gasteiger partial charge in [-0.1, -0.05) is 12.1 Å². The Bertz CT molecular complexity index is 743. The monoisotopic (exact) mass is 440 g/mol. The molecule has 1 amide bonds. The number of nitrogens with two attached hydrogens (primary N) is 1. The van der Waals surface area contributed by atoms with Crippen LogP contribution in [0, 0.1) is 0 Å². The maximum atomic E-state index is 12.7. The van der Waals surface area contributed by atoms with Gasteiger partial charge in [0.1, 0.15) is 18.3 Å². The minimum absolute atomic E-state index is 0.159. The highest BCUT2D eigenvalue weighted by molar-refractivity contribution is 5.80. The van der Waals surface area contributed by atoms with Gasteiger partial charge < -0.3 is 41.0 Å². The Labute approximate surface area is 181 Å². The van der Waals surface area contributed by atoms with E-state index < -0.39 is 54.5 Å². The maximum Gasteiger partial charge on any atom is 0.338 e. The maximum absolute atomic E-state index is 12.7. The molecule has 10 nitrogen and oxygen atoms in total. The number of aryl methyl sites for hydroxylation is 1. The van der Waals surface area contributed by atoms with Crippen LogP contribution in [0.3, 0.4) is 0 Å². The molecule has 2 rings (SSSR count). The van der Waals surface area contributed by atoms with E-state index >= 15 is 0 Å². The van der Waals surface area contributed by atoms with Crippen LogP contribution in [0.2, 0.25) is 0 Å². The highest BCUT2D eigenvalue weighted by atomic mass is 16.6. The topological polar surface area (TPSA) is 172 Å². The van der Waals surface area contributed by atoms with Crippen molar-refractivity contribution < 1.29 is 39.5 Å². The Morgan fingerprint density at radius 1 is 1.32 bits per heavy atom. The molecule has 1 saturated heterocycles. The van der Waals surface area contributed by atoms with E-state index in [0.29, 0.717) is 18.5 Å². The number of aliphatic hydroxyl groups excluding tert-OH is 4. The number of amides is 1. The van der Waals surface area contributed by atoms with Crippen molar-refractivity contribution in [2.75, 3.05) is 19.5 Å². The molecule has 0 unspecified atom stereocenters. The van der Waals surface area contributed by atoms with Gasteiger partial charge >= 0.3 is 5.97 Å². The second-order valence-corrected chi connectivity index (χ2v) is 7.90. The van der Waals surface area contributed by atoms with Crippen molar-refractivity contribution in [2.24, 2.45) is 0 Å². The standard InChI is InChI=1S/C21H32N2O8/c1-12(25)23-17-15(26)10-21(20(29)30-2,31-19(17)18(28)16(27)11-24)9-3-4-13-5-7-14(22)8-6-13/h5-8,15-19,24,26-28H,3-4,9-11,22H2,1-2H3,(H,23,25)/t15-,16+,17+,18+,19+,21+/m0/s1. The van der Waals surface area contributed by atoms with E-state index in [4.69, 9.17) is 15.2 Å². The minimum Gasteiger partial charge on any atom is -0.467 e. The van der Waals surface area contributed by atoms with E-state index in [1.54, 1.807) is 12.1 Å². The van der Waals surface area contributed by atoms with Crippen LogP contribution in [0.4, 0.5) is 5.69 Å². The van der Waals surface area contributed by atoms with Crippen molar-refractivity contribution in [3.8, 4) is 0 Å². The Hall–Kier alpha value is -2.24. The molecule has 1 aromatic carbocycles. The lowest BCUT2D eigenvalue weighted by Gasteiger charge is -2.47. The van der Waals surface area contributed by atoms with Gasteiger partial charge in [0.15, 0.2) is 5.60 Å². The number of methoxy groups -OCH3 is 1. The number of rotatable bonds is 9. The van der Waals surface area contributed by atoms with Gasteiger partial charge in [0.05, 0.1) is 25.9 Å². The van der Waals surface area contributed by atoms with Crippen molar-refractivity contribution in [2.45, 2.75) is 68.7 Å². The van der Waals surface area contributed by atoms with Gasteiger partial charge in [-0.15, -0.1) is 0 Å². The van der Waals surface area contributed by atoms with Crippen molar-refractivity contribution in [1.82, 2.24) is 5.32 Å². The lowest BCUT2D eigenvalue weighted by atomic mass is 9.80. The summed E-state index contributed by atoms with van der Waals surface area (Å²) < 4.78 is 10.9. The van der Waals surface area contributed by atoms with Crippen molar-refractivity contribution in [1.29, 1.82) is 0 Å². The summed E-state index contributed by atoms with van der Waals surface area (Å²) in [5.41, 5.74) is 5.72. The molecule has 10 heteroatoms. The molecule has 0 aliphatic carbocycles. The molecule has 0 bridgehead atoms. The molecule has 7 N–H and O–H groups in total. The molecular formula is C21H32N2O8. The molecular weight excluding hydrogens is 408 g/mol. The number of nitrogens with one attached hydrogen (secondary N) is 1. The smallest absolute Gasteiger partial charge is 0.338 e. The van der Waals surface area contributed by atoms with Crippen LogP contribution in [-0.2, 0) is 25.5 Å². The van der Waals surface area contributed by atoms with E-state index in [2.05, 4.69) is 5.32 Å². The van der Waals surface area contributed by atoms with Crippen LogP contribution in [0.15, 0.2) is 24.3 Å². The molecule has 0 saturated carbocycles. The molecule has 174 valence electrons. The second kappa shape index (κ2) is 10.9. The average molecular weight is 440 g/mol. The van der Waals surface area contributed by atoms with Gasteiger partial charge in [0.25, 0.3) is 0 Å². The van der Waals surface area contributed by atoms with Crippen molar-refractivity contribution >= 4 is 17.6 Å². The fraction of sp³-hybridized carbons (Fsp3) is 0.619. The summed E-state index contributed by atoms with van der Waals surface area (Å²) in [6.07, 6.45) is -4.82. The Kier molecular flexibility index (Phi) is 8.78. The van der Waals surface area contributed by atoms with Gasteiger partial charge in [-0.3, -0.25) is 4.79 Å². The first-order valence-corrected chi connectivity index (χ1v) is 10.2. The normalized spacial score (nSPS) is 27.9. The summed E-state index contributed by atoms with van der Waals surface area (Å²) in [4.78, 5) is 24.3. The number of ether oxygens (including phenoxy) is 2. The molecule has 31 heavy (non-hydrogen) atoms. The Morgan fingerprint density at radius 3 is 2.52 bits per heavy atom. The van der Waals surface area contributed by atoms with Gasteiger partial charge in [-0.25, -0.2) is 4.79 Å². The summed E-state index contributed by atoms with van der Waals surface area (Å²) >= 11 is 0. The number of carbonyl (C=O) groups is 2. The largest absolute Gasteiger partial charge is 0.467 e. The van der Waals surface area contributed by atoms with Crippen LogP contribution >= 0.6 is 0 Å². The zero-order chi connectivity index (χ0) is 23.2. The fourth-order valence-corrected chi connectivity index (χ4v) is 3.93. The van der Waals surface area contributed by atoms with Crippen molar-refractivity contribution in [3.63, 3.8) is 0 Å². The van der Waals surface area contributed by atoms with E-state index in [1.165, 1.54) is 14.0 Å². The van der Waals surface area contributed by atoms with E-state index in [9.17, 15) is 30.0 Å². The molecule has 1 heterocycles. The number of carbonyl (C=O) groups excluding carboxylic acids is 2. The van der Waals surface area contributed by atoms with Crippen LogP contribution in [0.1, 0.15) is 31.7 Å². The van der Waals surface area contributed by atoms with E-state index in [1.807, 2.05) is 12.1 Å². The summed E-state index contributed by atoms with van der Waals surface area (Å²) in [7, 11) is 1.19. The van der Waals surface area contributed by atoms with Gasteiger partial charge in [-0.05, 0) is 37.0 Å². The number of anilines is 1. The number of benzene rings is 1. The van der Waals surface area contributed by atoms with Crippen LogP contribution in [-0.4, -0.2) is 82.1 Å². The first-order chi connectivity index (χ1) is 14.6. The third kappa shape index (κ3) is 6.14. The molecule has 1 fully saturated rings. The highest BCUT2D eigenvalue weighted by Crippen LogP contribution is 2.36. The fourth-order valence-electron chi connectivity index (χ4n) is 3.93. The Balaban J connectivity index is 2.26. The molecule has 1 aliphatic heterocycles. The molecule has 6 atom stereocenters. The zero-order valence-corrected chi connectivity index (χ0v) is 17.7. The second-order valence-electron chi connectivity index (χ2n) is 7.90. The summed E-state index contributed by atoms with van der Waals surface area (Å²) in [5.74, 6) is -1.22. The highest BCUT2D eigenvalue weighted by Gasteiger charge is 2.54. The molecule has 1 aromatic rings. The summed E-state index contributed by atoms with van der Waals surface area (Å²) in [6, 6.07) is 6.19. The SMILES string of the molecule is COC(=O)[C@@]1(CCCc2ccc(N)cc2)C[C@H](O)[C@@H](NC(C)=O)[C@H]([C@H](O)[C@H](O)CO)O1. The van der Waals surface area contributed by atoms with E-state index in [-0.39, 0.29) is 12.8 Å². The lowest BCUT2D eigenvalue weighted by Crippen LogP contribution is -2.67. The van der Waals surface area contributed by atoms with Gasteiger partial charge in [0.2, 0.25) is 5.91 Å². The number of esters is 1. The quantitative estimate of drug-likeness (QED) is 0.205. The summed E-state index contributed by atoms with van der Waals surface area (Å²) in [6.45, 7) is 0.458. The number of hydrogen-bond acceptors (Lipinski definition) is 9. The molecule has 1 aliphatic rings. The lowest BCUT2D eigenvalue weighted by molar-refractivity contribution is -0.233. The van der Waals surface area contributed by atoms with Crippen molar-refractivity contribution in [3.05, 3.63) is 29.8 Å². The van der Waals surface area contributed by atoms with Gasteiger partial charge in [0, 0.05) is 19.0 Å². The average Bonchev–Trinajstić information content (AvgIpc) is 2.74. The predicted molar refractivity (Wildman–Crippen MR) is 111 cm³/mol. The van der Waals surface area contributed by atoms with Crippen LogP contribution in [0.5, 0.6) is 0 Å². The minimum atomic E-state index is -1.67. The summed E-state index contributed by atoms with van der Waals surface area (Å²) in [5, 5.41) is 42.9. The predicted octanol–water partition coefficient (Wildman–Crippen LogP) is -1.13. The number of aliphatic hydroxyl groups is 4. The first kappa shape index (κ1) is 25.0. The van der Waals surface area contributed by atoms with Crippen LogP contribution in [0.25, 0.3) is 0 Å². The van der Waals surface area contributed by atoms with Crippen LogP contribution < -0.4 is 11.1 Å². The Morgan fingerprint density at radius 2 is 1.97 bits per heavy atom. The number of hydrogen-bond donors (Lipinski definition) is 6. The number of nitrogen functional groups attached to an aromatic ring is 1. The molecule has 0 aromatic heterocycles. The third-order valence-electron chi connectivity index (χ3n) is 5.54.